The molecule has 0 bridgehead atoms. The molecule has 152 valence electrons. The number of aliphatic hydroxyl groups excluding tert-OH is 1. The summed E-state index contributed by atoms with van der Waals surface area (Å²) in [5.74, 6) is -0.616. The molecule has 0 saturated carbocycles. The zero-order valence-corrected chi connectivity index (χ0v) is 17.0. The van der Waals surface area contributed by atoms with Crippen molar-refractivity contribution in [2.45, 2.75) is 26.4 Å². The molecule has 29 heavy (non-hydrogen) atoms. The van der Waals surface area contributed by atoms with Crippen LogP contribution in [0.2, 0.25) is 0 Å². The van der Waals surface area contributed by atoms with Crippen LogP contribution in [-0.2, 0) is 6.54 Å². The fraction of sp³-hybridized carbons (Fsp3) is 0.286. The van der Waals surface area contributed by atoms with Crippen molar-refractivity contribution in [3.63, 3.8) is 0 Å². The summed E-state index contributed by atoms with van der Waals surface area (Å²) in [6, 6.07) is 10.0. The van der Waals surface area contributed by atoms with E-state index < -0.39 is 5.82 Å². The van der Waals surface area contributed by atoms with E-state index in [1.165, 1.54) is 17.4 Å². The van der Waals surface area contributed by atoms with Gasteiger partial charge in [0.2, 0.25) is 0 Å². The molecule has 0 aliphatic carbocycles. The summed E-state index contributed by atoms with van der Waals surface area (Å²) in [6.45, 7) is 4.16. The van der Waals surface area contributed by atoms with Crippen molar-refractivity contribution in [3.05, 3.63) is 65.0 Å². The van der Waals surface area contributed by atoms with Crippen molar-refractivity contribution < 1.29 is 14.3 Å². The lowest BCUT2D eigenvalue weighted by atomic mass is 10.0. The molecule has 2 atom stereocenters. The van der Waals surface area contributed by atoms with E-state index >= 15 is 0 Å². The number of carbonyl (C=O) groups is 1. The number of rotatable bonds is 8. The van der Waals surface area contributed by atoms with Crippen LogP contribution in [0.3, 0.4) is 0 Å². The minimum absolute atomic E-state index is 0.0164. The van der Waals surface area contributed by atoms with Crippen molar-refractivity contribution >= 4 is 22.4 Å². The first-order valence-electron chi connectivity index (χ1n) is 9.29. The van der Waals surface area contributed by atoms with Gasteiger partial charge >= 0.3 is 0 Å². The first-order chi connectivity index (χ1) is 14.0. The average Bonchev–Trinajstić information content (AvgIpc) is 3.25. The number of nitrogens with one attached hydrogen (secondary N) is 2. The van der Waals surface area contributed by atoms with Gasteiger partial charge in [-0.2, -0.15) is 0 Å². The van der Waals surface area contributed by atoms with Gasteiger partial charge in [0.25, 0.3) is 5.91 Å². The highest BCUT2D eigenvalue weighted by Crippen LogP contribution is 2.21. The highest BCUT2D eigenvalue weighted by molar-refractivity contribution is 7.13. The molecule has 3 N–H and O–H groups in total. The maximum Gasteiger partial charge on any atom is 0.257 e. The van der Waals surface area contributed by atoms with E-state index in [9.17, 15) is 14.3 Å². The maximum absolute atomic E-state index is 14.2. The van der Waals surface area contributed by atoms with E-state index in [0.717, 1.165) is 5.56 Å². The number of carbonyl (C=O) groups excluding carboxylic acids is 1. The van der Waals surface area contributed by atoms with Crippen LogP contribution in [0.5, 0.6) is 0 Å². The van der Waals surface area contributed by atoms with Crippen molar-refractivity contribution in [3.8, 4) is 11.3 Å². The lowest BCUT2D eigenvalue weighted by Gasteiger charge is -2.19. The number of aliphatic hydroxyl groups is 1. The monoisotopic (exact) mass is 414 g/mol. The number of benzene rings is 1. The van der Waals surface area contributed by atoms with Crippen LogP contribution in [-0.4, -0.2) is 33.6 Å². The summed E-state index contributed by atoms with van der Waals surface area (Å²) in [7, 11) is 0. The van der Waals surface area contributed by atoms with Crippen molar-refractivity contribution in [2.75, 3.05) is 11.9 Å². The van der Waals surface area contributed by atoms with Gasteiger partial charge in [-0.1, -0.05) is 19.1 Å². The lowest BCUT2D eigenvalue weighted by molar-refractivity contribution is 0.102. The van der Waals surface area contributed by atoms with E-state index in [2.05, 4.69) is 20.6 Å². The van der Waals surface area contributed by atoms with Gasteiger partial charge in [0.15, 0.2) is 5.13 Å². The zero-order chi connectivity index (χ0) is 20.8. The molecule has 0 aliphatic rings. The lowest BCUT2D eigenvalue weighted by Crippen LogP contribution is -2.33. The van der Waals surface area contributed by atoms with Gasteiger partial charge in [0, 0.05) is 41.9 Å². The van der Waals surface area contributed by atoms with Gasteiger partial charge in [-0.05, 0) is 37.1 Å². The van der Waals surface area contributed by atoms with Crippen LogP contribution in [0.15, 0.2) is 48.0 Å². The van der Waals surface area contributed by atoms with Crippen LogP contribution in [0.25, 0.3) is 11.3 Å². The molecule has 8 heteroatoms. The van der Waals surface area contributed by atoms with Gasteiger partial charge < -0.3 is 10.4 Å². The normalized spacial score (nSPS) is 13.1. The second kappa shape index (κ2) is 9.69. The highest BCUT2D eigenvalue weighted by Gasteiger charge is 2.14. The number of thiazole rings is 1. The van der Waals surface area contributed by atoms with Crippen molar-refractivity contribution in [2.24, 2.45) is 5.92 Å². The number of amides is 1. The fourth-order valence-electron chi connectivity index (χ4n) is 2.66. The highest BCUT2D eigenvalue weighted by atomic mass is 32.1. The summed E-state index contributed by atoms with van der Waals surface area (Å²) in [5.41, 5.74) is 2.05. The first-order valence-corrected chi connectivity index (χ1v) is 10.2. The second-order valence-corrected chi connectivity index (χ2v) is 7.72. The number of aromatic nitrogens is 2. The number of nitrogens with zero attached hydrogens (tertiary/aromatic N) is 2. The van der Waals surface area contributed by atoms with Gasteiger partial charge in [-0.3, -0.25) is 10.1 Å². The third-order valence-electron chi connectivity index (χ3n) is 4.72. The molecular weight excluding hydrogens is 391 g/mol. The number of halogens is 1. The summed E-state index contributed by atoms with van der Waals surface area (Å²) in [6.07, 6.45) is 1.62. The Balaban J connectivity index is 1.77. The minimum atomic E-state index is -0.400. The molecule has 3 rings (SSSR count). The van der Waals surface area contributed by atoms with Crippen molar-refractivity contribution in [1.82, 2.24) is 15.3 Å². The van der Waals surface area contributed by atoms with Crippen LogP contribution in [0, 0.1) is 11.7 Å². The van der Waals surface area contributed by atoms with E-state index in [1.807, 2.05) is 19.9 Å². The molecule has 0 saturated heterocycles. The zero-order valence-electron chi connectivity index (χ0n) is 16.2. The van der Waals surface area contributed by atoms with Gasteiger partial charge in [0.1, 0.15) is 5.82 Å². The number of pyridine rings is 1. The summed E-state index contributed by atoms with van der Waals surface area (Å²) in [5, 5.41) is 17.5. The Morgan fingerprint density at radius 2 is 2.10 bits per heavy atom. The number of anilines is 1. The predicted octanol–water partition coefficient (Wildman–Crippen LogP) is 3.70. The molecule has 2 aromatic heterocycles. The maximum atomic E-state index is 14.2. The summed E-state index contributed by atoms with van der Waals surface area (Å²) in [4.78, 5) is 20.9. The van der Waals surface area contributed by atoms with Crippen LogP contribution in [0.4, 0.5) is 9.52 Å². The molecule has 2 heterocycles. The number of hydrogen-bond acceptors (Lipinski definition) is 6. The van der Waals surface area contributed by atoms with Crippen molar-refractivity contribution in [1.29, 1.82) is 0 Å². The van der Waals surface area contributed by atoms with E-state index in [0.29, 0.717) is 16.4 Å². The average molecular weight is 415 g/mol. The molecule has 0 spiro atoms. The van der Waals surface area contributed by atoms with Gasteiger partial charge in [0.05, 0.1) is 11.4 Å². The number of hydrogen-bond donors (Lipinski definition) is 3. The largest absolute Gasteiger partial charge is 0.396 e. The third-order valence-corrected chi connectivity index (χ3v) is 5.41. The van der Waals surface area contributed by atoms with Crippen LogP contribution in [0.1, 0.15) is 29.9 Å². The fourth-order valence-corrected chi connectivity index (χ4v) is 3.18. The standard InChI is InChI=1S/C21H23FN4O2S/c1-13(12-27)14(2)24-11-19-17(22)6-7-18(25-19)15-4-3-5-16(10-15)20(28)26-21-23-8-9-29-21/h3-10,13-14,24,27H,11-12H2,1-2H3,(H,23,26,28)/t13?,14-/m1/s1. The van der Waals surface area contributed by atoms with E-state index in [1.54, 1.807) is 35.8 Å². The third kappa shape index (κ3) is 5.44. The molecule has 0 fully saturated rings. The van der Waals surface area contributed by atoms with Gasteiger partial charge in [-0.15, -0.1) is 11.3 Å². The van der Waals surface area contributed by atoms with Crippen LogP contribution < -0.4 is 10.6 Å². The molecule has 1 unspecified atom stereocenters. The molecule has 3 aromatic rings. The predicted molar refractivity (Wildman–Crippen MR) is 112 cm³/mol. The Hall–Kier alpha value is -2.68. The van der Waals surface area contributed by atoms with Crippen LogP contribution >= 0.6 is 11.3 Å². The van der Waals surface area contributed by atoms with E-state index in [4.69, 9.17) is 0 Å². The molecule has 0 radical (unpaired) electrons. The summed E-state index contributed by atoms with van der Waals surface area (Å²) < 4.78 is 14.2. The topological polar surface area (TPSA) is 87.1 Å². The SMILES string of the molecule is CC(CO)[C@@H](C)NCc1nc(-c2cccc(C(=O)Nc3nccs3)c2)ccc1F. The summed E-state index contributed by atoms with van der Waals surface area (Å²) >= 11 is 1.34. The molecular formula is C21H23FN4O2S. The smallest absolute Gasteiger partial charge is 0.257 e. The van der Waals surface area contributed by atoms with E-state index in [-0.39, 0.29) is 36.7 Å². The minimum Gasteiger partial charge on any atom is -0.396 e. The Kier molecular flexibility index (Phi) is 7.03. The second-order valence-electron chi connectivity index (χ2n) is 6.83. The Bertz CT molecular complexity index is 965. The Morgan fingerprint density at radius 3 is 2.83 bits per heavy atom. The Morgan fingerprint density at radius 1 is 1.28 bits per heavy atom. The molecule has 6 nitrogen and oxygen atoms in total. The molecule has 0 aliphatic heterocycles. The quantitative estimate of drug-likeness (QED) is 0.523. The Labute approximate surface area is 172 Å². The molecule has 1 aromatic carbocycles. The first kappa shape index (κ1) is 21.0. The van der Waals surface area contributed by atoms with Gasteiger partial charge in [-0.25, -0.2) is 14.4 Å². The molecule has 1 amide bonds.